The number of pyridine rings is 1. The molecule has 9 heteroatoms. The van der Waals surface area contributed by atoms with E-state index in [0.29, 0.717) is 36.2 Å². The van der Waals surface area contributed by atoms with Crippen LogP contribution in [-0.2, 0) is 13.0 Å². The van der Waals surface area contributed by atoms with Gasteiger partial charge < -0.3 is 20.3 Å². The monoisotopic (exact) mass is 577 g/mol. The van der Waals surface area contributed by atoms with Crippen LogP contribution in [0.2, 0.25) is 0 Å². The highest BCUT2D eigenvalue weighted by atomic mass is 127. The van der Waals surface area contributed by atoms with Crippen molar-refractivity contribution in [1.29, 1.82) is 0 Å². The Morgan fingerprint density at radius 1 is 1.09 bits per heavy atom. The normalized spacial score (nSPS) is 10.8. The van der Waals surface area contributed by atoms with Crippen molar-refractivity contribution in [2.75, 3.05) is 27.7 Å². The number of nitrogens with one attached hydrogen (secondary N) is 2. The molecule has 0 atom stereocenters. The Hall–Kier alpha value is -3.21. The quantitative estimate of drug-likeness (QED) is 0.238. The van der Waals surface area contributed by atoms with Crippen LogP contribution >= 0.6 is 24.0 Å². The minimum atomic E-state index is -0.371. The fourth-order valence-corrected chi connectivity index (χ4v) is 3.14. The Kier molecular flexibility index (Phi) is 10.7. The predicted octanol–water partition coefficient (Wildman–Crippen LogP) is 4.24. The van der Waals surface area contributed by atoms with Gasteiger partial charge in [-0.2, -0.15) is 0 Å². The molecule has 1 amide bonds. The number of nitrogens with zero attached hydrogens (tertiary/aromatic N) is 3. The number of hydrogen-bond acceptors (Lipinski definition) is 4. The average Bonchev–Trinajstić information content (AvgIpc) is 2.81. The zero-order valence-corrected chi connectivity index (χ0v) is 21.7. The molecule has 7 nitrogen and oxygen atoms in total. The number of carbonyl (C=O) groups is 1. The lowest BCUT2D eigenvalue weighted by Crippen LogP contribution is -2.38. The van der Waals surface area contributed by atoms with Gasteiger partial charge in [0.05, 0.1) is 0 Å². The van der Waals surface area contributed by atoms with Gasteiger partial charge in [-0.3, -0.25) is 9.79 Å². The van der Waals surface area contributed by atoms with Crippen LogP contribution in [0.15, 0.2) is 71.9 Å². The third-order valence-corrected chi connectivity index (χ3v) is 4.82. The van der Waals surface area contributed by atoms with Gasteiger partial charge in [-0.05, 0) is 42.3 Å². The molecule has 1 aromatic heterocycles. The molecule has 0 unspecified atom stereocenters. The number of guanidine groups is 1. The standard InChI is InChI=1S/C25H28FN5O2.HI/c1-27-25(29-14-12-18-7-4-8-19(15-18)24(32)31(2)3)30-17-20-9-6-13-28-23(20)33-22-11-5-10-21(26)16-22;/h4-11,13,15-16H,12,14,17H2,1-3H3,(H2,27,29,30);1H. The van der Waals surface area contributed by atoms with Crippen molar-refractivity contribution in [2.24, 2.45) is 4.99 Å². The maximum atomic E-state index is 13.5. The van der Waals surface area contributed by atoms with Crippen LogP contribution in [0, 0.1) is 5.82 Å². The van der Waals surface area contributed by atoms with Crippen molar-refractivity contribution in [3.8, 4) is 11.6 Å². The van der Waals surface area contributed by atoms with Crippen molar-refractivity contribution >= 4 is 35.8 Å². The number of aromatic nitrogens is 1. The van der Waals surface area contributed by atoms with Crippen molar-refractivity contribution in [2.45, 2.75) is 13.0 Å². The first kappa shape index (κ1) is 27.0. The number of rotatable bonds is 8. The average molecular weight is 577 g/mol. The molecule has 180 valence electrons. The molecular formula is C25H29FIN5O2. The maximum Gasteiger partial charge on any atom is 0.253 e. The topological polar surface area (TPSA) is 78.9 Å². The van der Waals surface area contributed by atoms with E-state index in [1.807, 2.05) is 36.4 Å². The van der Waals surface area contributed by atoms with Gasteiger partial charge in [0.15, 0.2) is 5.96 Å². The number of benzene rings is 2. The molecule has 34 heavy (non-hydrogen) atoms. The lowest BCUT2D eigenvalue weighted by molar-refractivity contribution is 0.0827. The molecule has 2 aromatic carbocycles. The Labute approximate surface area is 216 Å². The summed E-state index contributed by atoms with van der Waals surface area (Å²) in [4.78, 5) is 22.2. The SMILES string of the molecule is CN=C(NCCc1cccc(C(=O)N(C)C)c1)NCc1cccnc1Oc1cccc(F)c1.I. The molecule has 2 N–H and O–H groups in total. The van der Waals surface area contributed by atoms with Crippen LogP contribution in [-0.4, -0.2) is 49.4 Å². The summed E-state index contributed by atoms with van der Waals surface area (Å²) < 4.78 is 19.2. The van der Waals surface area contributed by atoms with Crippen LogP contribution in [0.1, 0.15) is 21.5 Å². The van der Waals surface area contributed by atoms with E-state index in [4.69, 9.17) is 4.74 Å². The zero-order chi connectivity index (χ0) is 23.6. The van der Waals surface area contributed by atoms with Crippen LogP contribution in [0.3, 0.4) is 0 Å². The molecule has 0 radical (unpaired) electrons. The first-order valence-electron chi connectivity index (χ1n) is 10.6. The molecule has 3 aromatic rings. The van der Waals surface area contributed by atoms with Crippen LogP contribution in [0.4, 0.5) is 4.39 Å². The van der Waals surface area contributed by atoms with E-state index in [0.717, 1.165) is 17.5 Å². The fraction of sp³-hybridized carbons (Fsp3) is 0.240. The molecule has 0 aliphatic rings. The Morgan fingerprint density at radius 3 is 2.62 bits per heavy atom. The van der Waals surface area contributed by atoms with Gasteiger partial charge in [0.1, 0.15) is 11.6 Å². The van der Waals surface area contributed by atoms with E-state index < -0.39 is 0 Å². The molecular weight excluding hydrogens is 548 g/mol. The second-order valence-corrected chi connectivity index (χ2v) is 7.53. The summed E-state index contributed by atoms with van der Waals surface area (Å²) in [6.07, 6.45) is 2.36. The van der Waals surface area contributed by atoms with Crippen molar-refractivity contribution < 1.29 is 13.9 Å². The maximum absolute atomic E-state index is 13.5. The first-order chi connectivity index (χ1) is 16.0. The molecule has 0 aliphatic heterocycles. The van der Waals surface area contributed by atoms with Gasteiger partial charge in [0, 0.05) is 57.6 Å². The van der Waals surface area contributed by atoms with Gasteiger partial charge in [-0.1, -0.05) is 24.3 Å². The molecule has 1 heterocycles. The number of carbonyl (C=O) groups excluding carboxylic acids is 1. The summed E-state index contributed by atoms with van der Waals surface area (Å²) in [5.74, 6) is 1.01. The largest absolute Gasteiger partial charge is 0.439 e. The summed E-state index contributed by atoms with van der Waals surface area (Å²) in [6, 6.07) is 17.2. The lowest BCUT2D eigenvalue weighted by Gasteiger charge is -2.14. The summed E-state index contributed by atoms with van der Waals surface area (Å²) in [7, 11) is 5.17. The fourth-order valence-electron chi connectivity index (χ4n) is 3.14. The summed E-state index contributed by atoms with van der Waals surface area (Å²) in [5, 5.41) is 6.51. The summed E-state index contributed by atoms with van der Waals surface area (Å²) >= 11 is 0. The van der Waals surface area contributed by atoms with E-state index in [-0.39, 0.29) is 35.7 Å². The third-order valence-electron chi connectivity index (χ3n) is 4.82. The van der Waals surface area contributed by atoms with Gasteiger partial charge in [0.2, 0.25) is 5.88 Å². The summed E-state index contributed by atoms with van der Waals surface area (Å²) in [6.45, 7) is 1.06. The highest BCUT2D eigenvalue weighted by Gasteiger charge is 2.10. The highest BCUT2D eigenvalue weighted by molar-refractivity contribution is 14.0. The van der Waals surface area contributed by atoms with E-state index in [9.17, 15) is 9.18 Å². The van der Waals surface area contributed by atoms with Gasteiger partial charge in [-0.15, -0.1) is 24.0 Å². The first-order valence-corrected chi connectivity index (χ1v) is 10.6. The molecule has 0 fully saturated rings. The van der Waals surface area contributed by atoms with Crippen LogP contribution < -0.4 is 15.4 Å². The molecule has 0 saturated heterocycles. The van der Waals surface area contributed by atoms with Crippen LogP contribution in [0.25, 0.3) is 0 Å². The van der Waals surface area contributed by atoms with Gasteiger partial charge in [0.25, 0.3) is 5.91 Å². The second kappa shape index (κ2) is 13.5. The molecule has 3 rings (SSSR count). The van der Waals surface area contributed by atoms with Crippen LogP contribution in [0.5, 0.6) is 11.6 Å². The Morgan fingerprint density at radius 2 is 1.88 bits per heavy atom. The Bertz CT molecular complexity index is 1120. The molecule has 0 bridgehead atoms. The third kappa shape index (κ3) is 7.98. The van der Waals surface area contributed by atoms with E-state index in [1.165, 1.54) is 12.1 Å². The van der Waals surface area contributed by atoms with E-state index >= 15 is 0 Å². The number of ether oxygens (including phenoxy) is 1. The zero-order valence-electron chi connectivity index (χ0n) is 19.4. The minimum absolute atomic E-state index is 0. The second-order valence-electron chi connectivity index (χ2n) is 7.53. The Balaban J connectivity index is 0.00000408. The molecule has 0 aliphatic carbocycles. The number of halogens is 2. The van der Waals surface area contributed by atoms with E-state index in [2.05, 4.69) is 20.6 Å². The highest BCUT2D eigenvalue weighted by Crippen LogP contribution is 2.23. The van der Waals surface area contributed by atoms with Crippen molar-refractivity contribution in [3.05, 3.63) is 89.4 Å². The molecule has 0 spiro atoms. The van der Waals surface area contributed by atoms with Gasteiger partial charge >= 0.3 is 0 Å². The van der Waals surface area contributed by atoms with Gasteiger partial charge in [-0.25, -0.2) is 9.37 Å². The lowest BCUT2D eigenvalue weighted by atomic mass is 10.1. The van der Waals surface area contributed by atoms with E-state index in [1.54, 1.807) is 44.4 Å². The van der Waals surface area contributed by atoms with Crippen molar-refractivity contribution in [3.63, 3.8) is 0 Å². The predicted molar refractivity (Wildman–Crippen MR) is 142 cm³/mol. The smallest absolute Gasteiger partial charge is 0.253 e. The summed E-state index contributed by atoms with van der Waals surface area (Å²) in [5.41, 5.74) is 2.53. The number of amides is 1. The van der Waals surface area contributed by atoms with Crippen molar-refractivity contribution in [1.82, 2.24) is 20.5 Å². The number of aliphatic imine (C=N–C) groups is 1. The molecule has 0 saturated carbocycles. The minimum Gasteiger partial charge on any atom is -0.439 e. The number of hydrogen-bond donors (Lipinski definition) is 2.